The molecule has 1 aliphatic rings. The van der Waals surface area contributed by atoms with Gasteiger partial charge in [-0.1, -0.05) is 24.6 Å². The Morgan fingerprint density at radius 1 is 1.68 bits per heavy atom. The van der Waals surface area contributed by atoms with Gasteiger partial charge in [0.1, 0.15) is 0 Å². The molecule has 1 atom stereocenters. The first kappa shape index (κ1) is 14.2. The summed E-state index contributed by atoms with van der Waals surface area (Å²) in [6, 6.07) is 7.70. The number of benzene rings is 1. The van der Waals surface area contributed by atoms with Crippen molar-refractivity contribution < 1.29 is 4.84 Å². The molecule has 2 rings (SSSR count). The topological polar surface area (TPSA) is 63.2 Å². The maximum atomic E-state index is 5.91. The summed E-state index contributed by atoms with van der Waals surface area (Å²) >= 11 is 7.15. The molecule has 5 nitrogen and oxygen atoms in total. The Hall–Kier alpha value is -1.24. The number of rotatable bonds is 3. The zero-order valence-corrected chi connectivity index (χ0v) is 12.1. The normalized spacial score (nSPS) is 19.0. The van der Waals surface area contributed by atoms with E-state index in [4.69, 9.17) is 22.3 Å². The van der Waals surface area contributed by atoms with E-state index in [9.17, 15) is 0 Å². The summed E-state index contributed by atoms with van der Waals surface area (Å²) in [6.07, 6.45) is 2.91. The van der Waals surface area contributed by atoms with Gasteiger partial charge < -0.3 is 4.84 Å². The van der Waals surface area contributed by atoms with Crippen LogP contribution >= 0.6 is 23.5 Å². The molecule has 0 fully saturated rings. The van der Waals surface area contributed by atoms with Crippen molar-refractivity contribution in [3.63, 3.8) is 0 Å². The van der Waals surface area contributed by atoms with E-state index in [1.807, 2.05) is 30.5 Å². The second-order valence-electron chi connectivity index (χ2n) is 4.06. The van der Waals surface area contributed by atoms with Crippen LogP contribution < -0.4 is 5.90 Å². The summed E-state index contributed by atoms with van der Waals surface area (Å²) in [5.41, 5.74) is 0. The van der Waals surface area contributed by atoms with Gasteiger partial charge in [-0.25, -0.2) is 5.01 Å². The maximum Gasteiger partial charge on any atom is 0.339 e. The second-order valence-corrected chi connectivity index (χ2v) is 5.33. The molecule has 102 valence electrons. The van der Waals surface area contributed by atoms with E-state index in [0.717, 1.165) is 17.9 Å². The number of nitrogens with two attached hydrogens (primary N) is 1. The van der Waals surface area contributed by atoms with Gasteiger partial charge in [0.05, 0.1) is 6.54 Å². The van der Waals surface area contributed by atoms with E-state index in [1.165, 1.54) is 11.9 Å². The molecule has 19 heavy (non-hydrogen) atoms. The highest BCUT2D eigenvalue weighted by molar-refractivity contribution is 7.98. The summed E-state index contributed by atoms with van der Waals surface area (Å²) in [6.45, 7) is 2.85. The highest BCUT2D eigenvalue weighted by atomic mass is 35.5. The Kier molecular flexibility index (Phi) is 5.07. The van der Waals surface area contributed by atoms with Gasteiger partial charge in [0, 0.05) is 34.0 Å². The van der Waals surface area contributed by atoms with Gasteiger partial charge >= 0.3 is 6.02 Å². The zero-order chi connectivity index (χ0) is 13.7. The third-order valence-corrected chi connectivity index (χ3v) is 3.65. The molecule has 1 aliphatic heterocycles. The van der Waals surface area contributed by atoms with Crippen molar-refractivity contribution in [3.05, 3.63) is 29.3 Å². The molecule has 0 saturated heterocycles. The van der Waals surface area contributed by atoms with Gasteiger partial charge in [-0.2, -0.15) is 15.4 Å². The molecule has 2 N–H and O–H groups in total. The second kappa shape index (κ2) is 6.79. The largest absolute Gasteiger partial charge is 0.371 e. The Morgan fingerprint density at radius 2 is 2.53 bits per heavy atom. The minimum atomic E-state index is 0.289. The van der Waals surface area contributed by atoms with Crippen molar-refractivity contribution in [1.82, 2.24) is 5.01 Å². The summed E-state index contributed by atoms with van der Waals surface area (Å²) in [5.74, 6) is 5.66. The molecule has 0 bridgehead atoms. The lowest BCUT2D eigenvalue weighted by atomic mass is 10.1. The van der Waals surface area contributed by atoms with Crippen LogP contribution in [0.25, 0.3) is 0 Å². The number of hydrogen-bond acceptors (Lipinski definition) is 5. The van der Waals surface area contributed by atoms with Gasteiger partial charge in [0.15, 0.2) is 0 Å². The highest BCUT2D eigenvalue weighted by Crippen LogP contribution is 2.23. The SMILES string of the molecule is CCC1C=NN(/C(=N/Sc2cccc(Cl)c2)ON)C1. The van der Waals surface area contributed by atoms with E-state index in [2.05, 4.69) is 16.4 Å². The quantitative estimate of drug-likeness (QED) is 0.403. The molecule has 1 aromatic rings. The van der Waals surface area contributed by atoms with Crippen LogP contribution in [0.1, 0.15) is 13.3 Å². The highest BCUT2D eigenvalue weighted by Gasteiger charge is 2.21. The Balaban J connectivity index is 2.02. The first-order valence-electron chi connectivity index (χ1n) is 5.92. The first-order valence-corrected chi connectivity index (χ1v) is 7.07. The van der Waals surface area contributed by atoms with Crippen LogP contribution in [0.2, 0.25) is 5.02 Å². The van der Waals surface area contributed by atoms with Gasteiger partial charge in [-0.3, -0.25) is 0 Å². The summed E-state index contributed by atoms with van der Waals surface area (Å²) in [5, 5.41) is 6.55. The first-order chi connectivity index (χ1) is 9.22. The lowest BCUT2D eigenvalue weighted by molar-refractivity contribution is 0.244. The van der Waals surface area contributed by atoms with Crippen molar-refractivity contribution in [3.8, 4) is 0 Å². The average molecular weight is 299 g/mol. The fourth-order valence-electron chi connectivity index (χ4n) is 1.60. The minimum Gasteiger partial charge on any atom is -0.371 e. The third kappa shape index (κ3) is 3.86. The van der Waals surface area contributed by atoms with E-state index in [-0.39, 0.29) is 6.02 Å². The molecule has 0 saturated carbocycles. The van der Waals surface area contributed by atoms with Crippen molar-refractivity contribution in [2.24, 2.45) is 21.3 Å². The van der Waals surface area contributed by atoms with Crippen LogP contribution in [0.4, 0.5) is 0 Å². The smallest absolute Gasteiger partial charge is 0.339 e. The monoisotopic (exact) mass is 298 g/mol. The van der Waals surface area contributed by atoms with Crippen LogP contribution in [0.15, 0.2) is 38.7 Å². The molecule has 0 amide bonds. The minimum absolute atomic E-state index is 0.289. The molecule has 1 aromatic carbocycles. The summed E-state index contributed by atoms with van der Waals surface area (Å²) in [7, 11) is 0. The van der Waals surface area contributed by atoms with Crippen molar-refractivity contribution >= 4 is 35.8 Å². The van der Waals surface area contributed by atoms with Crippen molar-refractivity contribution in [2.75, 3.05) is 6.54 Å². The van der Waals surface area contributed by atoms with Crippen molar-refractivity contribution in [2.45, 2.75) is 18.2 Å². The third-order valence-electron chi connectivity index (χ3n) is 2.70. The van der Waals surface area contributed by atoms with Gasteiger partial charge in [-0.15, -0.1) is 0 Å². The Bertz CT molecular complexity index is 494. The van der Waals surface area contributed by atoms with Gasteiger partial charge in [0.2, 0.25) is 0 Å². The van der Waals surface area contributed by atoms with Gasteiger partial charge in [0.25, 0.3) is 0 Å². The standard InChI is InChI=1S/C12H15ClN4OS/c1-2-9-7-15-17(8-9)12(18-14)16-19-11-5-3-4-10(13)6-11/h3-7,9H,2,8,14H2,1H3/b16-12-. The number of hydrazone groups is 1. The molecule has 0 spiro atoms. The van der Waals surface area contributed by atoms with Crippen LogP contribution in [0.3, 0.4) is 0 Å². The number of nitrogens with zero attached hydrogens (tertiary/aromatic N) is 3. The molecule has 7 heteroatoms. The van der Waals surface area contributed by atoms with Crippen LogP contribution in [0.5, 0.6) is 0 Å². The van der Waals surface area contributed by atoms with Crippen LogP contribution in [-0.4, -0.2) is 23.8 Å². The lowest BCUT2D eigenvalue weighted by Gasteiger charge is -2.14. The van der Waals surface area contributed by atoms with E-state index >= 15 is 0 Å². The molecule has 0 aromatic heterocycles. The number of amidine groups is 1. The maximum absolute atomic E-state index is 5.91. The Morgan fingerprint density at radius 3 is 3.16 bits per heavy atom. The summed E-state index contributed by atoms with van der Waals surface area (Å²) < 4.78 is 4.24. The van der Waals surface area contributed by atoms with Crippen molar-refractivity contribution in [1.29, 1.82) is 0 Å². The van der Waals surface area contributed by atoms with Crippen LogP contribution in [-0.2, 0) is 4.84 Å². The van der Waals surface area contributed by atoms with E-state index in [1.54, 1.807) is 5.01 Å². The molecular weight excluding hydrogens is 284 g/mol. The fourth-order valence-corrected chi connectivity index (χ4v) is 2.49. The molecule has 0 aliphatic carbocycles. The predicted octanol–water partition coefficient (Wildman–Crippen LogP) is 2.92. The average Bonchev–Trinajstić information content (AvgIpc) is 2.88. The Labute approximate surface area is 121 Å². The zero-order valence-electron chi connectivity index (χ0n) is 10.5. The summed E-state index contributed by atoms with van der Waals surface area (Å²) in [4.78, 5) is 5.70. The number of hydrogen-bond donors (Lipinski definition) is 1. The number of halogens is 1. The van der Waals surface area contributed by atoms with Crippen LogP contribution in [0, 0.1) is 5.92 Å². The molecule has 1 unspecified atom stereocenters. The van der Waals surface area contributed by atoms with E-state index < -0.39 is 0 Å². The molecule has 1 heterocycles. The fraction of sp³-hybridized carbons (Fsp3) is 0.333. The molecular formula is C12H15ClN4OS. The lowest BCUT2D eigenvalue weighted by Crippen LogP contribution is -2.30. The van der Waals surface area contributed by atoms with E-state index in [0.29, 0.717) is 10.9 Å². The predicted molar refractivity (Wildman–Crippen MR) is 79.0 cm³/mol. The van der Waals surface area contributed by atoms with Gasteiger partial charge in [-0.05, 0) is 24.6 Å². The molecule has 0 radical (unpaired) electrons.